The zero-order chi connectivity index (χ0) is 10.5. The number of primary amides is 2. The second-order valence-electron chi connectivity index (χ2n) is 1.51. The Morgan fingerprint density at radius 3 is 1.54 bits per heavy atom. The fraction of sp³-hybridized carbons (Fsp3) is 0. The van der Waals surface area contributed by atoms with Crippen molar-refractivity contribution >= 4 is 22.5 Å². The summed E-state index contributed by atoms with van der Waals surface area (Å²) in [7, 11) is -4.60. The van der Waals surface area contributed by atoms with E-state index in [0.717, 1.165) is 0 Å². The number of carbonyl (C=O) groups is 2. The molecular weight excluding hydrogens is 208 g/mol. The Hall–Kier alpha value is -1.59. The lowest BCUT2D eigenvalue weighted by Gasteiger charge is -2.02. The molecule has 4 amide bonds. The van der Waals surface area contributed by atoms with Gasteiger partial charge < -0.3 is 11.5 Å². The van der Waals surface area contributed by atoms with Crippen LogP contribution in [-0.4, -0.2) is 20.5 Å². The number of hydrogen-bond acceptors (Lipinski definition) is 6. The standard InChI is InChI=1S/C2H6N4O6S/c3-1(7)5-11-13(9,10)12-6-2(4)8/h(H3,3,5,7)(H3,4,6,8). The van der Waals surface area contributed by atoms with Gasteiger partial charge in [-0.3, -0.25) is 0 Å². The van der Waals surface area contributed by atoms with Gasteiger partial charge in [-0.25, -0.2) is 9.59 Å². The van der Waals surface area contributed by atoms with Crippen LogP contribution in [0.2, 0.25) is 0 Å². The molecule has 0 aliphatic rings. The minimum atomic E-state index is -4.60. The molecule has 11 heteroatoms. The Morgan fingerprint density at radius 2 is 1.31 bits per heavy atom. The highest BCUT2D eigenvalue weighted by molar-refractivity contribution is 7.81. The summed E-state index contributed by atoms with van der Waals surface area (Å²) in [6, 6.07) is -2.52. The molecule has 0 radical (unpaired) electrons. The molecule has 0 fully saturated rings. The summed E-state index contributed by atoms with van der Waals surface area (Å²) in [6.07, 6.45) is 0. The van der Waals surface area contributed by atoms with Crippen LogP contribution < -0.4 is 22.4 Å². The highest BCUT2D eigenvalue weighted by Gasteiger charge is 2.14. The van der Waals surface area contributed by atoms with Crippen LogP contribution in [0, 0.1) is 0 Å². The van der Waals surface area contributed by atoms with Crippen LogP contribution >= 0.6 is 0 Å². The molecule has 0 heterocycles. The lowest BCUT2D eigenvalue weighted by Crippen LogP contribution is -2.37. The summed E-state index contributed by atoms with van der Waals surface area (Å²) in [5, 5.41) is 0. The predicted molar refractivity (Wildman–Crippen MR) is 36.5 cm³/mol. The molecule has 0 atom stereocenters. The molecule has 0 aliphatic heterocycles. The van der Waals surface area contributed by atoms with Gasteiger partial charge in [-0.1, -0.05) is 0 Å². The van der Waals surface area contributed by atoms with Crippen molar-refractivity contribution in [2.45, 2.75) is 0 Å². The number of urea groups is 2. The molecule has 0 aromatic heterocycles. The molecule has 0 spiro atoms. The van der Waals surface area contributed by atoms with E-state index in [9.17, 15) is 18.0 Å². The monoisotopic (exact) mass is 214 g/mol. The first kappa shape index (κ1) is 11.4. The largest absolute Gasteiger partial charge is 0.442 e. The molecule has 0 saturated carbocycles. The van der Waals surface area contributed by atoms with Crippen LogP contribution in [0.15, 0.2) is 0 Å². The fourth-order valence-corrected chi connectivity index (χ4v) is 0.604. The summed E-state index contributed by atoms with van der Waals surface area (Å²) < 4.78 is 28.1. The molecule has 13 heavy (non-hydrogen) atoms. The molecule has 0 saturated heterocycles. The summed E-state index contributed by atoms with van der Waals surface area (Å²) in [5.41, 5.74) is 11.4. The number of hydrogen-bond donors (Lipinski definition) is 4. The van der Waals surface area contributed by atoms with Crippen LogP contribution in [0.5, 0.6) is 0 Å². The average molecular weight is 214 g/mol. The Balaban J connectivity index is 3.95. The average Bonchev–Trinajstić information content (AvgIpc) is 1.98. The third-order valence-electron chi connectivity index (χ3n) is 0.489. The van der Waals surface area contributed by atoms with Crippen LogP contribution in [0.3, 0.4) is 0 Å². The second-order valence-corrected chi connectivity index (χ2v) is 2.66. The van der Waals surface area contributed by atoms with Crippen molar-refractivity contribution in [2.75, 3.05) is 0 Å². The Labute approximate surface area is 72.4 Å². The normalized spacial score (nSPS) is 10.5. The molecule has 6 N–H and O–H groups in total. The van der Waals surface area contributed by atoms with E-state index in [1.807, 2.05) is 0 Å². The van der Waals surface area contributed by atoms with Gasteiger partial charge in [0, 0.05) is 0 Å². The van der Waals surface area contributed by atoms with Crippen molar-refractivity contribution in [3.05, 3.63) is 0 Å². The van der Waals surface area contributed by atoms with E-state index in [1.54, 1.807) is 0 Å². The van der Waals surface area contributed by atoms with Crippen LogP contribution in [0.4, 0.5) is 9.59 Å². The van der Waals surface area contributed by atoms with Crippen LogP contribution in [-0.2, 0) is 19.0 Å². The number of amides is 4. The first-order valence-corrected chi connectivity index (χ1v) is 3.89. The molecule has 0 aromatic rings. The summed E-state index contributed by atoms with van der Waals surface area (Å²) in [5.74, 6) is 0. The lowest BCUT2D eigenvalue weighted by molar-refractivity contribution is 0.127. The lowest BCUT2D eigenvalue weighted by atomic mass is 11.2. The maximum Gasteiger partial charge on any atom is 0.442 e. The van der Waals surface area contributed by atoms with Crippen LogP contribution in [0.1, 0.15) is 0 Å². The maximum atomic E-state index is 10.5. The number of hydroxylamine groups is 2. The van der Waals surface area contributed by atoms with Crippen molar-refractivity contribution in [2.24, 2.45) is 11.5 Å². The SMILES string of the molecule is NC(=O)NOS(=O)(=O)ONC(N)=O. The second kappa shape index (κ2) is 4.44. The van der Waals surface area contributed by atoms with Crippen molar-refractivity contribution in [3.8, 4) is 0 Å². The molecule has 0 unspecified atom stereocenters. The maximum absolute atomic E-state index is 10.5. The van der Waals surface area contributed by atoms with E-state index < -0.39 is 22.5 Å². The highest BCUT2D eigenvalue weighted by Crippen LogP contribution is 1.88. The van der Waals surface area contributed by atoms with Gasteiger partial charge in [0.05, 0.1) is 0 Å². The zero-order valence-electron chi connectivity index (χ0n) is 6.01. The van der Waals surface area contributed by atoms with Crippen molar-refractivity contribution < 1.29 is 26.6 Å². The quantitative estimate of drug-likeness (QED) is 0.376. The Bertz CT molecular complexity index is 272. The topological polar surface area (TPSA) is 163 Å². The number of rotatable bonds is 4. The van der Waals surface area contributed by atoms with Crippen LogP contribution in [0.25, 0.3) is 0 Å². The minimum absolute atomic E-state index is 1.24. The number of carbonyl (C=O) groups excluding carboxylic acids is 2. The van der Waals surface area contributed by atoms with E-state index in [4.69, 9.17) is 0 Å². The summed E-state index contributed by atoms with van der Waals surface area (Å²) in [6.45, 7) is 0. The highest BCUT2D eigenvalue weighted by atomic mass is 32.3. The molecular formula is C2H6N4O6S. The first-order chi connectivity index (χ1) is 5.83. The van der Waals surface area contributed by atoms with Gasteiger partial charge in [0.25, 0.3) is 0 Å². The van der Waals surface area contributed by atoms with E-state index in [2.05, 4.69) is 20.0 Å². The predicted octanol–water partition coefficient (Wildman–Crippen LogP) is -2.57. The van der Waals surface area contributed by atoms with Gasteiger partial charge in [-0.05, 0) is 0 Å². The Morgan fingerprint density at radius 1 is 1.00 bits per heavy atom. The third kappa shape index (κ3) is 6.79. The third-order valence-corrected chi connectivity index (χ3v) is 1.06. The molecule has 0 aromatic carbocycles. The van der Waals surface area contributed by atoms with E-state index in [-0.39, 0.29) is 0 Å². The molecule has 10 nitrogen and oxygen atoms in total. The molecule has 0 rings (SSSR count). The van der Waals surface area contributed by atoms with Gasteiger partial charge in [0.1, 0.15) is 0 Å². The molecule has 0 aliphatic carbocycles. The number of nitrogens with one attached hydrogen (secondary N) is 2. The van der Waals surface area contributed by atoms with Crippen molar-refractivity contribution in [1.82, 2.24) is 11.0 Å². The van der Waals surface area contributed by atoms with Gasteiger partial charge in [-0.2, -0.15) is 19.4 Å². The van der Waals surface area contributed by atoms with Gasteiger partial charge in [-0.15, -0.1) is 8.57 Å². The molecule has 0 bridgehead atoms. The van der Waals surface area contributed by atoms with Crippen molar-refractivity contribution in [3.63, 3.8) is 0 Å². The Kier molecular flexibility index (Phi) is 3.90. The minimum Gasteiger partial charge on any atom is -0.350 e. The smallest absolute Gasteiger partial charge is 0.350 e. The van der Waals surface area contributed by atoms with E-state index in [1.165, 1.54) is 11.0 Å². The summed E-state index contributed by atoms with van der Waals surface area (Å²) in [4.78, 5) is 19.9. The number of nitrogens with two attached hydrogens (primary N) is 2. The van der Waals surface area contributed by atoms with E-state index >= 15 is 0 Å². The fourth-order valence-electron chi connectivity index (χ4n) is 0.201. The first-order valence-electron chi connectivity index (χ1n) is 2.56. The van der Waals surface area contributed by atoms with Gasteiger partial charge in [0.2, 0.25) is 0 Å². The zero-order valence-corrected chi connectivity index (χ0v) is 6.83. The molecule has 76 valence electrons. The summed E-state index contributed by atoms with van der Waals surface area (Å²) >= 11 is 0. The van der Waals surface area contributed by atoms with Gasteiger partial charge >= 0.3 is 22.5 Å². The van der Waals surface area contributed by atoms with E-state index in [0.29, 0.717) is 0 Å². The van der Waals surface area contributed by atoms with Crippen molar-refractivity contribution in [1.29, 1.82) is 0 Å². The van der Waals surface area contributed by atoms with Gasteiger partial charge in [0.15, 0.2) is 0 Å².